The van der Waals surface area contributed by atoms with Gasteiger partial charge in [0.1, 0.15) is 6.04 Å². The van der Waals surface area contributed by atoms with Crippen LogP contribution in [0, 0.1) is 0 Å². The fourth-order valence-electron chi connectivity index (χ4n) is 2.90. The van der Waals surface area contributed by atoms with Crippen molar-refractivity contribution in [2.45, 2.75) is 24.1 Å². The monoisotopic (exact) mass is 401 g/mol. The summed E-state index contributed by atoms with van der Waals surface area (Å²) in [6.07, 6.45) is -4.39. The van der Waals surface area contributed by atoms with Crippen LogP contribution in [-0.2, 0) is 17.5 Å². The molecule has 1 aliphatic rings. The summed E-state index contributed by atoms with van der Waals surface area (Å²) in [6, 6.07) is 11.3. The van der Waals surface area contributed by atoms with Crippen LogP contribution in [-0.4, -0.2) is 27.8 Å². The molecule has 2 aromatic rings. The van der Waals surface area contributed by atoms with Crippen molar-refractivity contribution in [1.29, 1.82) is 0 Å². The Bertz CT molecular complexity index is 798. The van der Waals surface area contributed by atoms with Gasteiger partial charge in [0.2, 0.25) is 0 Å². The van der Waals surface area contributed by atoms with E-state index < -0.39 is 23.8 Å². The number of hydrogen-bond donors (Lipinski definition) is 1. The van der Waals surface area contributed by atoms with E-state index in [0.29, 0.717) is 16.3 Å². The molecule has 3 nitrogen and oxygen atoms in total. The number of thioether (sulfide) groups is 1. The maximum Gasteiger partial charge on any atom is 0.416 e. The van der Waals surface area contributed by atoms with E-state index in [1.54, 1.807) is 23.1 Å². The van der Waals surface area contributed by atoms with Gasteiger partial charge in [-0.25, -0.2) is 0 Å². The lowest BCUT2D eigenvalue weighted by atomic mass is 10.1. The Morgan fingerprint density at radius 3 is 2.50 bits per heavy atom. The second-order valence-electron chi connectivity index (χ2n) is 5.96. The minimum absolute atomic E-state index is 0.225. The van der Waals surface area contributed by atoms with Gasteiger partial charge in [-0.2, -0.15) is 13.2 Å². The molecule has 1 saturated heterocycles. The molecule has 2 unspecified atom stereocenters. The topological polar surface area (TPSA) is 40.5 Å². The first-order valence-electron chi connectivity index (χ1n) is 7.77. The largest absolute Gasteiger partial charge is 0.480 e. The molecule has 3 rings (SSSR count). The lowest BCUT2D eigenvalue weighted by molar-refractivity contribution is -0.142. The molecular weight excluding hydrogens is 387 g/mol. The summed E-state index contributed by atoms with van der Waals surface area (Å²) in [5, 5.41) is 9.83. The predicted octanol–water partition coefficient (Wildman–Crippen LogP) is 5.06. The van der Waals surface area contributed by atoms with Crippen LogP contribution in [0.1, 0.15) is 22.1 Å². The number of alkyl halides is 3. The van der Waals surface area contributed by atoms with Crippen molar-refractivity contribution in [3.05, 3.63) is 70.2 Å². The summed E-state index contributed by atoms with van der Waals surface area (Å²) in [7, 11) is 0. The summed E-state index contributed by atoms with van der Waals surface area (Å²) < 4.78 is 38.1. The SMILES string of the molecule is O=C(O)C1CSC(c2cccc(Cl)c2)N1Cc1ccc(C(F)(F)F)cc1. The average molecular weight is 402 g/mol. The van der Waals surface area contributed by atoms with E-state index in [1.807, 2.05) is 6.07 Å². The lowest BCUT2D eigenvalue weighted by Gasteiger charge is -2.27. The Morgan fingerprint density at radius 2 is 1.92 bits per heavy atom. The number of carboxylic acids is 1. The third-order valence-corrected chi connectivity index (χ3v) is 5.78. The fraction of sp³-hybridized carbons (Fsp3) is 0.278. The average Bonchev–Trinajstić information content (AvgIpc) is 2.98. The number of halogens is 4. The Labute approximate surface area is 157 Å². The van der Waals surface area contributed by atoms with Gasteiger partial charge in [0, 0.05) is 17.3 Å². The van der Waals surface area contributed by atoms with Gasteiger partial charge in [0.05, 0.1) is 10.9 Å². The van der Waals surface area contributed by atoms with E-state index in [9.17, 15) is 23.1 Å². The van der Waals surface area contributed by atoms with E-state index in [0.717, 1.165) is 17.7 Å². The van der Waals surface area contributed by atoms with Crippen molar-refractivity contribution < 1.29 is 23.1 Å². The lowest BCUT2D eigenvalue weighted by Crippen LogP contribution is -2.38. The summed E-state index contributed by atoms with van der Waals surface area (Å²) in [5.74, 6) is -0.554. The molecule has 0 spiro atoms. The van der Waals surface area contributed by atoms with Gasteiger partial charge in [-0.05, 0) is 35.4 Å². The highest BCUT2D eigenvalue weighted by molar-refractivity contribution is 7.99. The maximum atomic E-state index is 12.7. The van der Waals surface area contributed by atoms with E-state index in [2.05, 4.69) is 0 Å². The van der Waals surface area contributed by atoms with Crippen LogP contribution in [0.4, 0.5) is 13.2 Å². The highest BCUT2D eigenvalue weighted by atomic mass is 35.5. The summed E-state index contributed by atoms with van der Waals surface area (Å²) in [6.45, 7) is 0.235. The second-order valence-corrected chi connectivity index (χ2v) is 7.51. The molecule has 0 aromatic heterocycles. The molecule has 1 fully saturated rings. The molecule has 0 bridgehead atoms. The Balaban J connectivity index is 1.86. The van der Waals surface area contributed by atoms with Crippen molar-refractivity contribution in [2.75, 3.05) is 5.75 Å². The van der Waals surface area contributed by atoms with Gasteiger partial charge in [-0.3, -0.25) is 9.69 Å². The third kappa shape index (κ3) is 4.16. The zero-order chi connectivity index (χ0) is 18.9. The predicted molar refractivity (Wildman–Crippen MR) is 95.1 cm³/mol. The van der Waals surface area contributed by atoms with Crippen LogP contribution >= 0.6 is 23.4 Å². The van der Waals surface area contributed by atoms with Crippen LogP contribution in [0.2, 0.25) is 5.02 Å². The molecule has 138 valence electrons. The van der Waals surface area contributed by atoms with Crippen LogP contribution in [0.25, 0.3) is 0 Å². The first-order chi connectivity index (χ1) is 12.3. The number of carboxylic acid groups (broad SMARTS) is 1. The molecule has 0 aliphatic carbocycles. The molecule has 0 saturated carbocycles. The van der Waals surface area contributed by atoms with E-state index in [1.165, 1.54) is 23.9 Å². The molecule has 8 heteroatoms. The molecule has 2 aromatic carbocycles. The standard InChI is InChI=1S/C18H15ClF3NO2S/c19-14-3-1-2-12(8-14)16-23(15(10-26-16)17(24)25)9-11-4-6-13(7-5-11)18(20,21)22/h1-8,15-16H,9-10H2,(H,24,25). The fourth-order valence-corrected chi connectivity index (χ4v) is 4.55. The molecule has 26 heavy (non-hydrogen) atoms. The van der Waals surface area contributed by atoms with Crippen molar-refractivity contribution in [3.8, 4) is 0 Å². The van der Waals surface area contributed by atoms with Crippen molar-refractivity contribution in [1.82, 2.24) is 4.90 Å². The minimum atomic E-state index is -4.39. The van der Waals surface area contributed by atoms with Crippen molar-refractivity contribution in [2.24, 2.45) is 0 Å². The molecule has 2 atom stereocenters. The van der Waals surface area contributed by atoms with Gasteiger partial charge in [0.25, 0.3) is 0 Å². The number of aliphatic carboxylic acids is 1. The van der Waals surface area contributed by atoms with Crippen LogP contribution in [0.15, 0.2) is 48.5 Å². The number of carbonyl (C=O) groups is 1. The quantitative estimate of drug-likeness (QED) is 0.777. The summed E-state index contributed by atoms with van der Waals surface area (Å²) in [4.78, 5) is 13.4. The van der Waals surface area contributed by atoms with Crippen molar-refractivity contribution in [3.63, 3.8) is 0 Å². The number of benzene rings is 2. The first-order valence-corrected chi connectivity index (χ1v) is 9.20. The van der Waals surface area contributed by atoms with Crippen LogP contribution in [0.5, 0.6) is 0 Å². The normalized spacial score (nSPS) is 21.1. The molecule has 0 amide bonds. The zero-order valence-electron chi connectivity index (χ0n) is 13.4. The third-order valence-electron chi connectivity index (χ3n) is 4.18. The number of rotatable bonds is 4. The van der Waals surface area contributed by atoms with Gasteiger partial charge in [0.15, 0.2) is 0 Å². The summed E-state index contributed by atoms with van der Waals surface area (Å²) in [5.41, 5.74) is 0.773. The van der Waals surface area contributed by atoms with Gasteiger partial charge < -0.3 is 5.11 Å². The molecule has 1 aliphatic heterocycles. The Morgan fingerprint density at radius 1 is 1.23 bits per heavy atom. The Hall–Kier alpha value is -1.70. The van der Waals surface area contributed by atoms with E-state index in [-0.39, 0.29) is 11.9 Å². The van der Waals surface area contributed by atoms with E-state index in [4.69, 9.17) is 11.6 Å². The molecule has 0 radical (unpaired) electrons. The zero-order valence-corrected chi connectivity index (χ0v) is 15.0. The summed E-state index contributed by atoms with van der Waals surface area (Å²) >= 11 is 7.52. The highest BCUT2D eigenvalue weighted by Crippen LogP contribution is 2.43. The Kier molecular flexibility index (Phi) is 5.50. The molecule has 1 heterocycles. The van der Waals surface area contributed by atoms with Crippen molar-refractivity contribution >= 4 is 29.3 Å². The number of nitrogens with zero attached hydrogens (tertiary/aromatic N) is 1. The van der Waals surface area contributed by atoms with Gasteiger partial charge in [-0.1, -0.05) is 35.9 Å². The molecule has 1 N–H and O–H groups in total. The smallest absolute Gasteiger partial charge is 0.416 e. The van der Waals surface area contributed by atoms with Crippen LogP contribution < -0.4 is 0 Å². The minimum Gasteiger partial charge on any atom is -0.480 e. The maximum absolute atomic E-state index is 12.7. The number of hydrogen-bond acceptors (Lipinski definition) is 3. The van der Waals surface area contributed by atoms with E-state index >= 15 is 0 Å². The molecular formula is C18H15ClF3NO2S. The van der Waals surface area contributed by atoms with Gasteiger partial charge >= 0.3 is 12.1 Å². The van der Waals surface area contributed by atoms with Gasteiger partial charge in [-0.15, -0.1) is 11.8 Å². The highest BCUT2D eigenvalue weighted by Gasteiger charge is 2.39. The van der Waals surface area contributed by atoms with Crippen LogP contribution in [0.3, 0.4) is 0 Å². The first kappa shape index (κ1) is 19.1. The second kappa shape index (κ2) is 7.50.